The van der Waals surface area contributed by atoms with Gasteiger partial charge in [-0.25, -0.2) is 0 Å². The summed E-state index contributed by atoms with van der Waals surface area (Å²) in [5.74, 6) is 1.16. The van der Waals surface area contributed by atoms with Crippen LogP contribution in [0.15, 0.2) is 11.6 Å². The number of rotatable bonds is 3. The number of hydrogen-bond acceptors (Lipinski definition) is 3. The van der Waals surface area contributed by atoms with E-state index >= 15 is 0 Å². The molecule has 0 aliphatic carbocycles. The Kier molecular flexibility index (Phi) is 3.56. The van der Waals surface area contributed by atoms with Gasteiger partial charge < -0.3 is 9.80 Å². The lowest BCUT2D eigenvalue weighted by molar-refractivity contribution is 0.211. The second-order valence-electron chi connectivity index (χ2n) is 3.80. The normalized spacial score (nSPS) is 24.2. The van der Waals surface area contributed by atoms with E-state index in [0.717, 1.165) is 5.88 Å². The van der Waals surface area contributed by atoms with E-state index in [-0.39, 0.29) is 0 Å². The van der Waals surface area contributed by atoms with Gasteiger partial charge >= 0.3 is 0 Å². The maximum absolute atomic E-state index is 2.60. The molecule has 0 spiro atoms. The molecular weight excluding hydrogens is 180 g/mol. The van der Waals surface area contributed by atoms with Crippen molar-refractivity contribution in [3.63, 3.8) is 0 Å². The predicted molar refractivity (Wildman–Crippen MR) is 58.6 cm³/mol. The third-order valence-electron chi connectivity index (χ3n) is 2.76. The van der Waals surface area contributed by atoms with E-state index in [0.29, 0.717) is 0 Å². The van der Waals surface area contributed by atoms with Crippen LogP contribution in [0.1, 0.15) is 19.3 Å². The average Bonchev–Trinajstić information content (AvgIpc) is 2.69. The van der Waals surface area contributed by atoms with Gasteiger partial charge in [0, 0.05) is 19.3 Å². The van der Waals surface area contributed by atoms with E-state index in [9.17, 15) is 0 Å². The van der Waals surface area contributed by atoms with E-state index < -0.39 is 0 Å². The Labute approximate surface area is 85.0 Å². The molecule has 0 aromatic rings. The average molecular weight is 198 g/mol. The van der Waals surface area contributed by atoms with Crippen LogP contribution in [0.3, 0.4) is 0 Å². The van der Waals surface area contributed by atoms with Crippen molar-refractivity contribution in [3.8, 4) is 0 Å². The highest BCUT2D eigenvalue weighted by Gasteiger charge is 2.11. The lowest BCUT2D eigenvalue weighted by Gasteiger charge is -2.28. The largest absolute Gasteiger partial charge is 0.366 e. The van der Waals surface area contributed by atoms with Gasteiger partial charge in [-0.3, -0.25) is 0 Å². The fourth-order valence-corrected chi connectivity index (χ4v) is 2.65. The molecule has 2 aliphatic heterocycles. The van der Waals surface area contributed by atoms with Gasteiger partial charge in [-0.05, 0) is 31.3 Å². The summed E-state index contributed by atoms with van der Waals surface area (Å²) in [6, 6.07) is 0. The van der Waals surface area contributed by atoms with Crippen LogP contribution in [0.4, 0.5) is 0 Å². The molecule has 0 aromatic carbocycles. The number of piperidine rings is 1. The van der Waals surface area contributed by atoms with Crippen molar-refractivity contribution in [2.24, 2.45) is 0 Å². The fraction of sp³-hybridized carbons (Fsp3) is 0.800. The van der Waals surface area contributed by atoms with Crippen LogP contribution < -0.4 is 0 Å². The van der Waals surface area contributed by atoms with E-state index in [1.807, 2.05) is 11.8 Å². The van der Waals surface area contributed by atoms with Crippen molar-refractivity contribution in [2.75, 3.05) is 32.1 Å². The highest BCUT2D eigenvalue weighted by molar-refractivity contribution is 8.02. The molecule has 2 heterocycles. The molecule has 0 radical (unpaired) electrons. The molecule has 74 valence electrons. The molecule has 0 atom stereocenters. The van der Waals surface area contributed by atoms with Crippen LogP contribution in [-0.4, -0.2) is 41.9 Å². The summed E-state index contributed by atoms with van der Waals surface area (Å²) in [5.41, 5.74) is 0. The molecule has 0 saturated carbocycles. The first-order valence-electron chi connectivity index (χ1n) is 5.20. The lowest BCUT2D eigenvalue weighted by atomic mass is 10.1. The molecule has 0 N–H and O–H groups in total. The van der Waals surface area contributed by atoms with E-state index in [1.54, 1.807) is 0 Å². The molecule has 0 aromatic heterocycles. The zero-order valence-corrected chi connectivity index (χ0v) is 8.93. The van der Waals surface area contributed by atoms with Crippen LogP contribution in [0, 0.1) is 0 Å². The highest BCUT2D eigenvalue weighted by Crippen LogP contribution is 2.15. The summed E-state index contributed by atoms with van der Waals surface area (Å²) in [6.45, 7) is 5.11. The van der Waals surface area contributed by atoms with Crippen LogP contribution in [0.2, 0.25) is 0 Å². The highest BCUT2D eigenvalue weighted by atomic mass is 32.2. The first-order valence-corrected chi connectivity index (χ1v) is 6.25. The minimum Gasteiger partial charge on any atom is -0.366 e. The molecule has 2 aliphatic rings. The molecule has 1 saturated heterocycles. The van der Waals surface area contributed by atoms with Gasteiger partial charge in [-0.2, -0.15) is 0 Å². The number of likely N-dealkylation sites (tertiary alicyclic amines) is 1. The predicted octanol–water partition coefficient (Wildman–Crippen LogP) is 1.95. The van der Waals surface area contributed by atoms with Crippen LogP contribution in [-0.2, 0) is 0 Å². The van der Waals surface area contributed by atoms with Crippen LogP contribution in [0.5, 0.6) is 0 Å². The second-order valence-corrected chi connectivity index (χ2v) is 4.66. The SMILES string of the molecule is C1=CN(CCN2CCCCC2)CS1. The van der Waals surface area contributed by atoms with Gasteiger partial charge in [-0.15, -0.1) is 11.8 Å². The summed E-state index contributed by atoms with van der Waals surface area (Å²) in [7, 11) is 0. The molecule has 2 nitrogen and oxygen atoms in total. The first kappa shape index (κ1) is 9.41. The summed E-state index contributed by atoms with van der Waals surface area (Å²) in [5, 5.41) is 2.19. The van der Waals surface area contributed by atoms with Gasteiger partial charge in [0.25, 0.3) is 0 Å². The molecule has 13 heavy (non-hydrogen) atoms. The third kappa shape index (κ3) is 2.92. The fourth-order valence-electron chi connectivity index (χ4n) is 1.90. The van der Waals surface area contributed by atoms with Gasteiger partial charge in [-0.1, -0.05) is 6.42 Å². The Hall–Kier alpha value is -0.150. The van der Waals surface area contributed by atoms with Crippen molar-refractivity contribution < 1.29 is 0 Å². The summed E-state index contributed by atoms with van der Waals surface area (Å²) in [6.07, 6.45) is 6.47. The summed E-state index contributed by atoms with van der Waals surface area (Å²) in [4.78, 5) is 5.00. The lowest BCUT2D eigenvalue weighted by Crippen LogP contribution is -2.35. The van der Waals surface area contributed by atoms with Crippen molar-refractivity contribution in [1.82, 2.24) is 9.80 Å². The molecule has 1 fully saturated rings. The number of nitrogens with zero attached hydrogens (tertiary/aromatic N) is 2. The molecule has 0 amide bonds. The molecule has 2 rings (SSSR count). The summed E-state index contributed by atoms with van der Waals surface area (Å²) >= 11 is 1.90. The second kappa shape index (κ2) is 4.91. The topological polar surface area (TPSA) is 6.48 Å². The number of hydrogen-bond donors (Lipinski definition) is 0. The van der Waals surface area contributed by atoms with Gasteiger partial charge in [0.15, 0.2) is 0 Å². The maximum atomic E-state index is 2.60. The Balaban J connectivity index is 1.63. The minimum absolute atomic E-state index is 1.16. The molecule has 3 heteroatoms. The van der Waals surface area contributed by atoms with Gasteiger partial charge in [0.1, 0.15) is 0 Å². The van der Waals surface area contributed by atoms with Crippen LogP contribution >= 0.6 is 11.8 Å². The molecular formula is C10H18N2S. The maximum Gasteiger partial charge on any atom is 0.0675 e. The molecule has 0 bridgehead atoms. The number of thioether (sulfide) groups is 1. The Bertz CT molecular complexity index is 176. The quantitative estimate of drug-likeness (QED) is 0.684. The molecule has 0 unspecified atom stereocenters. The van der Waals surface area contributed by atoms with Crippen LogP contribution in [0.25, 0.3) is 0 Å². The Morgan fingerprint density at radius 1 is 1.08 bits per heavy atom. The smallest absolute Gasteiger partial charge is 0.0675 e. The third-order valence-corrected chi connectivity index (χ3v) is 3.56. The van der Waals surface area contributed by atoms with E-state index in [2.05, 4.69) is 21.4 Å². The van der Waals surface area contributed by atoms with Gasteiger partial charge in [0.05, 0.1) is 5.88 Å². The van der Waals surface area contributed by atoms with Crippen molar-refractivity contribution >= 4 is 11.8 Å². The van der Waals surface area contributed by atoms with Gasteiger partial charge in [0.2, 0.25) is 0 Å². The zero-order valence-electron chi connectivity index (χ0n) is 8.11. The van der Waals surface area contributed by atoms with Crippen molar-refractivity contribution in [2.45, 2.75) is 19.3 Å². The van der Waals surface area contributed by atoms with Crippen molar-refractivity contribution in [1.29, 1.82) is 0 Å². The minimum atomic E-state index is 1.16. The van der Waals surface area contributed by atoms with Crippen molar-refractivity contribution in [3.05, 3.63) is 11.6 Å². The summed E-state index contributed by atoms with van der Waals surface area (Å²) < 4.78 is 0. The van der Waals surface area contributed by atoms with E-state index in [4.69, 9.17) is 0 Å². The monoisotopic (exact) mass is 198 g/mol. The Morgan fingerprint density at radius 3 is 2.62 bits per heavy atom. The van der Waals surface area contributed by atoms with E-state index in [1.165, 1.54) is 45.4 Å². The zero-order chi connectivity index (χ0) is 8.93. The standard InChI is InChI=1S/C10H18N2S/c1-2-4-11(5-3-1)6-7-12-8-9-13-10-12/h8-9H,1-7,10H2. The first-order chi connectivity index (χ1) is 6.45. The Morgan fingerprint density at radius 2 is 1.92 bits per heavy atom.